The van der Waals surface area contributed by atoms with Crippen molar-refractivity contribution >= 4 is 5.97 Å². The Hall–Kier alpha value is -0.530. The predicted molar refractivity (Wildman–Crippen MR) is 63.8 cm³/mol. The second kappa shape index (κ2) is 10.0. The van der Waals surface area contributed by atoms with Crippen LogP contribution in [0.5, 0.6) is 0 Å². The first-order chi connectivity index (χ1) is 7.16. The SMILES string of the molecule is CCCCCCOC(=O)CCCC(C)C. The van der Waals surface area contributed by atoms with Crippen molar-refractivity contribution in [2.75, 3.05) is 6.61 Å². The maximum Gasteiger partial charge on any atom is 0.305 e. The molecule has 0 N–H and O–H groups in total. The van der Waals surface area contributed by atoms with Gasteiger partial charge in [-0.2, -0.15) is 0 Å². The van der Waals surface area contributed by atoms with Crippen molar-refractivity contribution < 1.29 is 9.53 Å². The van der Waals surface area contributed by atoms with Crippen molar-refractivity contribution in [1.29, 1.82) is 0 Å². The lowest BCUT2D eigenvalue weighted by Crippen LogP contribution is -2.06. The maximum absolute atomic E-state index is 11.2. The third kappa shape index (κ3) is 11.4. The second-order valence-corrected chi connectivity index (χ2v) is 4.57. The van der Waals surface area contributed by atoms with Crippen LogP contribution in [0.2, 0.25) is 0 Å². The van der Waals surface area contributed by atoms with Gasteiger partial charge in [0.2, 0.25) is 0 Å². The highest BCUT2D eigenvalue weighted by Crippen LogP contribution is 2.07. The predicted octanol–water partition coefficient (Wildman–Crippen LogP) is 3.94. The van der Waals surface area contributed by atoms with Gasteiger partial charge in [-0.05, 0) is 18.8 Å². The van der Waals surface area contributed by atoms with Crippen LogP contribution in [0.1, 0.15) is 65.7 Å². The minimum atomic E-state index is -0.0212. The number of carbonyl (C=O) groups is 1. The number of rotatable bonds is 9. The van der Waals surface area contributed by atoms with E-state index in [4.69, 9.17) is 4.74 Å². The van der Waals surface area contributed by atoms with Gasteiger partial charge in [-0.3, -0.25) is 4.79 Å². The molecule has 0 aliphatic rings. The summed E-state index contributed by atoms with van der Waals surface area (Å²) in [4.78, 5) is 11.2. The number of carbonyl (C=O) groups excluding carboxylic acids is 1. The highest BCUT2D eigenvalue weighted by molar-refractivity contribution is 5.69. The first-order valence-electron chi connectivity index (χ1n) is 6.32. The average molecular weight is 214 g/mol. The van der Waals surface area contributed by atoms with E-state index in [1.165, 1.54) is 19.3 Å². The average Bonchev–Trinajstić information content (AvgIpc) is 2.17. The van der Waals surface area contributed by atoms with E-state index in [2.05, 4.69) is 20.8 Å². The molecule has 0 heterocycles. The van der Waals surface area contributed by atoms with Gasteiger partial charge in [-0.25, -0.2) is 0 Å². The number of ether oxygens (including phenoxy) is 1. The topological polar surface area (TPSA) is 26.3 Å². The lowest BCUT2D eigenvalue weighted by molar-refractivity contribution is -0.143. The van der Waals surface area contributed by atoms with Crippen LogP contribution in [-0.2, 0) is 9.53 Å². The molecule has 0 spiro atoms. The van der Waals surface area contributed by atoms with E-state index < -0.39 is 0 Å². The summed E-state index contributed by atoms with van der Waals surface area (Å²) in [6, 6.07) is 0. The van der Waals surface area contributed by atoms with Crippen molar-refractivity contribution in [3.8, 4) is 0 Å². The molecule has 0 unspecified atom stereocenters. The molecule has 2 nitrogen and oxygen atoms in total. The summed E-state index contributed by atoms with van der Waals surface area (Å²) in [5.41, 5.74) is 0. The second-order valence-electron chi connectivity index (χ2n) is 4.57. The van der Waals surface area contributed by atoms with Crippen LogP contribution >= 0.6 is 0 Å². The first-order valence-corrected chi connectivity index (χ1v) is 6.32. The first kappa shape index (κ1) is 14.5. The molecular weight excluding hydrogens is 188 g/mol. The van der Waals surface area contributed by atoms with Crippen molar-refractivity contribution in [3.63, 3.8) is 0 Å². The van der Waals surface area contributed by atoms with E-state index in [-0.39, 0.29) is 5.97 Å². The van der Waals surface area contributed by atoms with Crippen LogP contribution in [0.4, 0.5) is 0 Å². The van der Waals surface area contributed by atoms with Gasteiger partial charge in [0.25, 0.3) is 0 Å². The van der Waals surface area contributed by atoms with Gasteiger partial charge in [-0.1, -0.05) is 46.5 Å². The van der Waals surface area contributed by atoms with Crippen LogP contribution < -0.4 is 0 Å². The molecular formula is C13H26O2. The number of hydrogen-bond acceptors (Lipinski definition) is 2. The minimum absolute atomic E-state index is 0.0212. The summed E-state index contributed by atoms with van der Waals surface area (Å²) in [5, 5.41) is 0. The van der Waals surface area contributed by atoms with Gasteiger partial charge in [0.05, 0.1) is 6.61 Å². The van der Waals surface area contributed by atoms with Crippen LogP contribution in [0, 0.1) is 5.92 Å². The molecule has 0 aliphatic carbocycles. The Labute approximate surface area is 94.4 Å². The molecule has 90 valence electrons. The summed E-state index contributed by atoms with van der Waals surface area (Å²) in [6.07, 6.45) is 7.33. The van der Waals surface area contributed by atoms with Crippen LogP contribution in [0.15, 0.2) is 0 Å². The van der Waals surface area contributed by atoms with Gasteiger partial charge in [-0.15, -0.1) is 0 Å². The highest BCUT2D eigenvalue weighted by atomic mass is 16.5. The molecule has 15 heavy (non-hydrogen) atoms. The summed E-state index contributed by atoms with van der Waals surface area (Å²) in [6.45, 7) is 7.14. The summed E-state index contributed by atoms with van der Waals surface area (Å²) in [7, 11) is 0. The van der Waals surface area contributed by atoms with Crippen molar-refractivity contribution in [2.45, 2.75) is 65.7 Å². The van der Waals surface area contributed by atoms with Gasteiger partial charge in [0.1, 0.15) is 0 Å². The van der Waals surface area contributed by atoms with Crippen LogP contribution in [0.25, 0.3) is 0 Å². The van der Waals surface area contributed by atoms with Gasteiger partial charge >= 0.3 is 5.97 Å². The molecule has 0 rings (SSSR count). The highest BCUT2D eigenvalue weighted by Gasteiger charge is 2.03. The molecule has 0 aliphatic heterocycles. The summed E-state index contributed by atoms with van der Waals surface area (Å²) < 4.78 is 5.13. The Balaban J connectivity index is 3.19. The Morgan fingerprint density at radius 3 is 2.47 bits per heavy atom. The van der Waals surface area contributed by atoms with Crippen molar-refractivity contribution in [2.24, 2.45) is 5.92 Å². The molecule has 0 atom stereocenters. The van der Waals surface area contributed by atoms with Crippen LogP contribution in [0.3, 0.4) is 0 Å². The third-order valence-corrected chi connectivity index (χ3v) is 2.42. The molecule has 0 aromatic heterocycles. The van der Waals surface area contributed by atoms with E-state index in [1.54, 1.807) is 0 Å². The fraction of sp³-hybridized carbons (Fsp3) is 0.923. The summed E-state index contributed by atoms with van der Waals surface area (Å²) in [5.74, 6) is 0.662. The lowest BCUT2D eigenvalue weighted by Gasteiger charge is -2.05. The van der Waals surface area contributed by atoms with Gasteiger partial charge in [0.15, 0.2) is 0 Å². The zero-order valence-corrected chi connectivity index (χ0v) is 10.6. The Kier molecular flexibility index (Phi) is 9.65. The fourth-order valence-electron chi connectivity index (χ4n) is 1.44. The van der Waals surface area contributed by atoms with Crippen molar-refractivity contribution in [1.82, 2.24) is 0 Å². The monoisotopic (exact) mass is 214 g/mol. The molecule has 0 radical (unpaired) electrons. The Morgan fingerprint density at radius 1 is 1.13 bits per heavy atom. The van der Waals surface area contributed by atoms with E-state index in [0.717, 1.165) is 19.3 Å². The number of unbranched alkanes of at least 4 members (excludes halogenated alkanes) is 3. The standard InChI is InChI=1S/C13H26O2/c1-4-5-6-7-11-15-13(14)10-8-9-12(2)3/h12H,4-11H2,1-3H3. The zero-order valence-electron chi connectivity index (χ0n) is 10.6. The number of esters is 1. The normalized spacial score (nSPS) is 10.7. The van der Waals surface area contributed by atoms with E-state index in [9.17, 15) is 4.79 Å². The van der Waals surface area contributed by atoms with E-state index in [1.807, 2.05) is 0 Å². The molecule has 0 amide bonds. The molecule has 0 fully saturated rings. The lowest BCUT2D eigenvalue weighted by atomic mass is 10.1. The molecule has 0 aromatic carbocycles. The van der Waals surface area contributed by atoms with Gasteiger partial charge in [0, 0.05) is 6.42 Å². The zero-order chi connectivity index (χ0) is 11.5. The van der Waals surface area contributed by atoms with Gasteiger partial charge < -0.3 is 4.74 Å². The maximum atomic E-state index is 11.2. The van der Waals surface area contributed by atoms with E-state index >= 15 is 0 Å². The number of hydrogen-bond donors (Lipinski definition) is 0. The largest absolute Gasteiger partial charge is 0.466 e. The smallest absolute Gasteiger partial charge is 0.305 e. The van der Waals surface area contributed by atoms with E-state index in [0.29, 0.717) is 18.9 Å². The summed E-state index contributed by atoms with van der Waals surface area (Å²) >= 11 is 0. The van der Waals surface area contributed by atoms with Crippen molar-refractivity contribution in [3.05, 3.63) is 0 Å². The Morgan fingerprint density at radius 2 is 1.87 bits per heavy atom. The molecule has 0 aromatic rings. The quantitative estimate of drug-likeness (QED) is 0.429. The fourth-order valence-corrected chi connectivity index (χ4v) is 1.44. The Bertz CT molecular complexity index is 153. The molecule has 2 heteroatoms. The molecule has 0 saturated heterocycles. The molecule has 0 saturated carbocycles. The molecule has 0 bridgehead atoms. The third-order valence-electron chi connectivity index (χ3n) is 2.42. The van der Waals surface area contributed by atoms with Crippen LogP contribution in [-0.4, -0.2) is 12.6 Å². The minimum Gasteiger partial charge on any atom is -0.466 e.